The molecule has 0 rings (SSSR count). The molecule has 0 saturated carbocycles. The second kappa shape index (κ2) is 17.5. The first-order valence-electron chi connectivity index (χ1n) is 8.10. The molecule has 22 heavy (non-hydrogen) atoms. The maximum atomic E-state index is 10.6. The second-order valence-corrected chi connectivity index (χ2v) is 5.16. The summed E-state index contributed by atoms with van der Waals surface area (Å²) in [5.74, 6) is -0.182. The van der Waals surface area contributed by atoms with Crippen molar-refractivity contribution in [2.24, 2.45) is 5.92 Å². The minimum absolute atomic E-state index is 0.318. The van der Waals surface area contributed by atoms with E-state index >= 15 is 0 Å². The number of unbranched alkanes of at least 4 members (excludes halogenated alkanes) is 3. The Kier molecular flexibility index (Phi) is 18.0. The Hall–Kier alpha value is -1.58. The van der Waals surface area contributed by atoms with Crippen LogP contribution < -0.4 is 0 Å². The van der Waals surface area contributed by atoms with Crippen LogP contribution in [0.1, 0.15) is 59.3 Å². The van der Waals surface area contributed by atoms with Gasteiger partial charge in [0.05, 0.1) is 13.2 Å². The average Bonchev–Trinajstić information content (AvgIpc) is 2.53. The molecule has 0 amide bonds. The number of carbonyl (C=O) groups excluding carboxylic acids is 2. The molecule has 0 bridgehead atoms. The molecule has 4 heteroatoms. The first kappa shape index (κ1) is 22.7. The molecule has 0 aliphatic carbocycles. The molecule has 0 heterocycles. The second-order valence-electron chi connectivity index (χ2n) is 5.16. The van der Waals surface area contributed by atoms with Crippen molar-refractivity contribution in [2.75, 3.05) is 13.2 Å². The molecule has 0 saturated heterocycles. The largest absolute Gasteiger partial charge is 0.463 e. The summed E-state index contributed by atoms with van der Waals surface area (Å²) in [6, 6.07) is 0. The Morgan fingerprint density at radius 3 is 2.05 bits per heavy atom. The first-order valence-corrected chi connectivity index (χ1v) is 8.10. The smallest absolute Gasteiger partial charge is 0.330 e. The number of carbonyl (C=O) groups is 2. The zero-order valence-corrected chi connectivity index (χ0v) is 14.4. The van der Waals surface area contributed by atoms with Crippen molar-refractivity contribution in [2.45, 2.75) is 59.3 Å². The molecule has 0 aliphatic rings. The molecule has 1 atom stereocenters. The zero-order valence-electron chi connectivity index (χ0n) is 14.4. The fourth-order valence-electron chi connectivity index (χ4n) is 1.62. The Balaban J connectivity index is 0. The summed E-state index contributed by atoms with van der Waals surface area (Å²) in [4.78, 5) is 21.1. The van der Waals surface area contributed by atoms with Crippen molar-refractivity contribution in [3.63, 3.8) is 0 Å². The van der Waals surface area contributed by atoms with Crippen molar-refractivity contribution in [3.05, 3.63) is 25.3 Å². The van der Waals surface area contributed by atoms with Crippen LogP contribution >= 0.6 is 0 Å². The predicted octanol–water partition coefficient (Wildman–Crippen LogP) is 4.45. The molecule has 0 aromatic heterocycles. The van der Waals surface area contributed by atoms with Gasteiger partial charge in [0.1, 0.15) is 0 Å². The lowest BCUT2D eigenvalue weighted by atomic mass is 10.1. The molecule has 0 aromatic rings. The van der Waals surface area contributed by atoms with Gasteiger partial charge in [0.15, 0.2) is 0 Å². The molecule has 0 radical (unpaired) electrons. The van der Waals surface area contributed by atoms with Crippen LogP contribution in [0, 0.1) is 5.92 Å². The lowest BCUT2D eigenvalue weighted by Crippen LogP contribution is -2.09. The van der Waals surface area contributed by atoms with Gasteiger partial charge in [-0.05, 0) is 18.8 Å². The van der Waals surface area contributed by atoms with Crippen LogP contribution in [0.15, 0.2) is 25.3 Å². The van der Waals surface area contributed by atoms with Crippen LogP contribution in [0.4, 0.5) is 0 Å². The average molecular weight is 312 g/mol. The summed E-state index contributed by atoms with van der Waals surface area (Å²) in [7, 11) is 0. The zero-order chi connectivity index (χ0) is 17.2. The van der Waals surface area contributed by atoms with E-state index in [1.165, 1.54) is 25.0 Å². The van der Waals surface area contributed by atoms with Crippen LogP contribution in [0.25, 0.3) is 0 Å². The molecule has 0 spiro atoms. The molecule has 0 aromatic carbocycles. The molecule has 128 valence electrons. The van der Waals surface area contributed by atoms with E-state index in [9.17, 15) is 9.59 Å². The van der Waals surface area contributed by atoms with Gasteiger partial charge in [0, 0.05) is 12.2 Å². The van der Waals surface area contributed by atoms with Gasteiger partial charge < -0.3 is 9.47 Å². The highest BCUT2D eigenvalue weighted by atomic mass is 16.5. The summed E-state index contributed by atoms with van der Waals surface area (Å²) in [6.07, 6.45) is 9.14. The summed E-state index contributed by atoms with van der Waals surface area (Å²) >= 11 is 0. The summed E-state index contributed by atoms with van der Waals surface area (Å²) < 4.78 is 9.63. The highest BCUT2D eigenvalue weighted by Gasteiger charge is 2.02. The van der Waals surface area contributed by atoms with Crippen molar-refractivity contribution in [1.82, 2.24) is 0 Å². The minimum Gasteiger partial charge on any atom is -0.463 e. The van der Waals surface area contributed by atoms with E-state index in [1.807, 2.05) is 0 Å². The van der Waals surface area contributed by atoms with Crippen LogP contribution in [-0.2, 0) is 19.1 Å². The third-order valence-electron chi connectivity index (χ3n) is 2.87. The summed E-state index contributed by atoms with van der Waals surface area (Å²) in [6.45, 7) is 14.0. The van der Waals surface area contributed by atoms with Crippen molar-refractivity contribution in [3.8, 4) is 0 Å². The van der Waals surface area contributed by atoms with E-state index in [1.54, 1.807) is 0 Å². The van der Waals surface area contributed by atoms with Crippen LogP contribution in [-0.4, -0.2) is 25.2 Å². The number of rotatable bonds is 11. The molecule has 1 unspecified atom stereocenters. The quantitative estimate of drug-likeness (QED) is 0.321. The third kappa shape index (κ3) is 18.4. The predicted molar refractivity (Wildman–Crippen MR) is 90.5 cm³/mol. The first-order chi connectivity index (χ1) is 10.5. The van der Waals surface area contributed by atoms with Crippen LogP contribution in [0.2, 0.25) is 0 Å². The van der Waals surface area contributed by atoms with E-state index in [2.05, 4.69) is 33.9 Å². The van der Waals surface area contributed by atoms with Crippen molar-refractivity contribution in [1.29, 1.82) is 0 Å². The molecule has 0 fully saturated rings. The van der Waals surface area contributed by atoms with E-state index < -0.39 is 0 Å². The normalized spacial score (nSPS) is 10.7. The van der Waals surface area contributed by atoms with Gasteiger partial charge in [-0.3, -0.25) is 0 Å². The van der Waals surface area contributed by atoms with Crippen molar-refractivity contribution < 1.29 is 19.1 Å². The van der Waals surface area contributed by atoms with Gasteiger partial charge in [0.25, 0.3) is 0 Å². The SMILES string of the molecule is C=CC(=O)OCC(C)CCC.C=CC(=O)OCCCCCC. The van der Waals surface area contributed by atoms with E-state index in [0.717, 1.165) is 25.7 Å². The van der Waals surface area contributed by atoms with Crippen molar-refractivity contribution >= 4 is 11.9 Å². The molecule has 0 aliphatic heterocycles. The van der Waals surface area contributed by atoms with Gasteiger partial charge in [0.2, 0.25) is 0 Å². The topological polar surface area (TPSA) is 52.6 Å². The standard InChI is InChI=1S/2C9H16O2/c1-4-6-8(3)7-11-9(10)5-2;1-3-5-6-7-8-11-9(10)4-2/h5,8H,2,4,6-7H2,1,3H3;4H,2-3,5-8H2,1H3. The fourth-order valence-corrected chi connectivity index (χ4v) is 1.62. The Morgan fingerprint density at radius 1 is 0.955 bits per heavy atom. The monoisotopic (exact) mass is 312 g/mol. The maximum absolute atomic E-state index is 10.6. The third-order valence-corrected chi connectivity index (χ3v) is 2.87. The Morgan fingerprint density at radius 2 is 1.55 bits per heavy atom. The van der Waals surface area contributed by atoms with E-state index in [0.29, 0.717) is 19.1 Å². The number of hydrogen-bond acceptors (Lipinski definition) is 4. The number of esters is 2. The number of hydrogen-bond donors (Lipinski definition) is 0. The van der Waals surface area contributed by atoms with Crippen LogP contribution in [0.5, 0.6) is 0 Å². The van der Waals surface area contributed by atoms with E-state index in [4.69, 9.17) is 9.47 Å². The van der Waals surface area contributed by atoms with Crippen LogP contribution in [0.3, 0.4) is 0 Å². The molecular formula is C18H32O4. The minimum atomic E-state index is -0.326. The van der Waals surface area contributed by atoms with Gasteiger partial charge in [-0.25, -0.2) is 9.59 Å². The highest BCUT2D eigenvalue weighted by molar-refractivity contribution is 5.81. The maximum Gasteiger partial charge on any atom is 0.330 e. The van der Waals surface area contributed by atoms with Gasteiger partial charge in [-0.15, -0.1) is 0 Å². The van der Waals surface area contributed by atoms with Gasteiger partial charge in [-0.2, -0.15) is 0 Å². The molecular weight excluding hydrogens is 280 g/mol. The lowest BCUT2D eigenvalue weighted by Gasteiger charge is -2.08. The number of ether oxygens (including phenoxy) is 2. The van der Waals surface area contributed by atoms with E-state index in [-0.39, 0.29) is 11.9 Å². The molecule has 4 nitrogen and oxygen atoms in total. The fraction of sp³-hybridized carbons (Fsp3) is 0.667. The summed E-state index contributed by atoms with van der Waals surface area (Å²) in [5.41, 5.74) is 0. The highest BCUT2D eigenvalue weighted by Crippen LogP contribution is 2.04. The Bertz CT molecular complexity index is 310. The van der Waals surface area contributed by atoms with Gasteiger partial charge >= 0.3 is 11.9 Å². The lowest BCUT2D eigenvalue weighted by molar-refractivity contribution is -0.139. The molecule has 0 N–H and O–H groups in total. The summed E-state index contributed by atoms with van der Waals surface area (Å²) in [5, 5.41) is 0. The van der Waals surface area contributed by atoms with Gasteiger partial charge in [-0.1, -0.05) is 59.6 Å². The Labute approximate surface area is 135 Å².